The van der Waals surface area contributed by atoms with Gasteiger partial charge in [0.05, 0.1) is 5.02 Å². The topological polar surface area (TPSA) is 83.4 Å². The number of hydrazine groups is 1. The first-order valence-electron chi connectivity index (χ1n) is 9.42. The van der Waals surface area contributed by atoms with E-state index < -0.39 is 6.03 Å². The summed E-state index contributed by atoms with van der Waals surface area (Å²) in [7, 11) is 0. The number of nitrogens with zero attached hydrogens (tertiary/aromatic N) is 2. The summed E-state index contributed by atoms with van der Waals surface area (Å²) < 4.78 is 1.50. The molecular weight excluding hydrogens is 424 g/mol. The normalized spacial score (nSPS) is 13.0. The highest BCUT2D eigenvalue weighted by Crippen LogP contribution is 2.31. The Morgan fingerprint density at radius 3 is 2.53 bits per heavy atom. The van der Waals surface area contributed by atoms with E-state index >= 15 is 0 Å². The molecule has 1 fully saturated rings. The van der Waals surface area contributed by atoms with Crippen molar-refractivity contribution in [1.82, 2.24) is 15.0 Å². The molecule has 0 saturated heterocycles. The minimum Gasteiger partial charge on any atom is -0.307 e. The highest BCUT2D eigenvalue weighted by atomic mass is 35.5. The molecular formula is C21H19ClN4O3S. The SMILES string of the molecule is O=C(Nc1ccc(-n2ccccc2=O)cc1)NN(CC1CC1)C(=O)c1sccc1Cl. The van der Waals surface area contributed by atoms with Crippen molar-refractivity contribution in [3.63, 3.8) is 0 Å². The van der Waals surface area contributed by atoms with Crippen molar-refractivity contribution in [3.05, 3.63) is 80.4 Å². The van der Waals surface area contributed by atoms with Gasteiger partial charge in [-0.2, -0.15) is 0 Å². The van der Waals surface area contributed by atoms with Gasteiger partial charge in [-0.25, -0.2) is 15.2 Å². The first kappa shape index (κ1) is 20.2. The quantitative estimate of drug-likeness (QED) is 0.582. The molecule has 1 saturated carbocycles. The molecule has 3 amide bonds. The number of hydrogen-bond donors (Lipinski definition) is 2. The second kappa shape index (κ2) is 8.73. The molecule has 1 aromatic carbocycles. The van der Waals surface area contributed by atoms with Gasteiger partial charge in [0.2, 0.25) is 0 Å². The van der Waals surface area contributed by atoms with Gasteiger partial charge >= 0.3 is 6.03 Å². The molecule has 2 heterocycles. The van der Waals surface area contributed by atoms with Crippen molar-refractivity contribution in [2.75, 3.05) is 11.9 Å². The molecule has 1 aliphatic rings. The minimum atomic E-state index is -0.527. The highest BCUT2D eigenvalue weighted by molar-refractivity contribution is 7.12. The van der Waals surface area contributed by atoms with Crippen molar-refractivity contribution in [2.24, 2.45) is 5.92 Å². The number of benzene rings is 1. The Morgan fingerprint density at radius 2 is 1.90 bits per heavy atom. The monoisotopic (exact) mass is 442 g/mol. The average molecular weight is 443 g/mol. The predicted octanol–water partition coefficient (Wildman–Crippen LogP) is 4.14. The van der Waals surface area contributed by atoms with Crippen molar-refractivity contribution in [3.8, 4) is 5.69 Å². The zero-order valence-electron chi connectivity index (χ0n) is 15.9. The Kier molecular flexibility index (Phi) is 5.87. The molecule has 7 nitrogen and oxygen atoms in total. The lowest BCUT2D eigenvalue weighted by molar-refractivity contribution is 0.0683. The van der Waals surface area contributed by atoms with Crippen LogP contribution in [-0.4, -0.2) is 28.1 Å². The number of urea groups is 1. The largest absolute Gasteiger partial charge is 0.338 e. The van der Waals surface area contributed by atoms with Gasteiger partial charge in [0.15, 0.2) is 0 Å². The van der Waals surface area contributed by atoms with Crippen LogP contribution in [0.2, 0.25) is 5.02 Å². The van der Waals surface area contributed by atoms with Crippen LogP contribution in [0.25, 0.3) is 5.69 Å². The third kappa shape index (κ3) is 4.72. The zero-order chi connectivity index (χ0) is 21.1. The van der Waals surface area contributed by atoms with Gasteiger partial charge in [-0.1, -0.05) is 17.7 Å². The third-order valence-electron chi connectivity index (χ3n) is 4.66. The molecule has 0 unspecified atom stereocenters. The Morgan fingerprint density at radius 1 is 1.13 bits per heavy atom. The van der Waals surface area contributed by atoms with Gasteiger partial charge in [0.25, 0.3) is 11.5 Å². The summed E-state index contributed by atoms with van der Waals surface area (Å²) in [5.41, 5.74) is 3.71. The molecule has 2 aromatic heterocycles. The maximum absolute atomic E-state index is 12.8. The number of nitrogens with one attached hydrogen (secondary N) is 2. The molecule has 30 heavy (non-hydrogen) atoms. The fourth-order valence-electron chi connectivity index (χ4n) is 2.93. The summed E-state index contributed by atoms with van der Waals surface area (Å²) in [4.78, 5) is 37.6. The number of carbonyl (C=O) groups excluding carboxylic acids is 2. The molecule has 0 bridgehead atoms. The van der Waals surface area contributed by atoms with E-state index in [1.54, 1.807) is 54.0 Å². The van der Waals surface area contributed by atoms with E-state index in [2.05, 4.69) is 10.7 Å². The second-order valence-corrected chi connectivity index (χ2v) is 8.30. The number of hydrogen-bond acceptors (Lipinski definition) is 4. The standard InChI is InChI=1S/C21H19ClN4O3S/c22-17-10-12-30-19(17)20(28)26(13-14-4-5-14)24-21(29)23-15-6-8-16(9-7-15)25-11-2-1-3-18(25)27/h1-3,6-12,14H,4-5,13H2,(H2,23,24,29). The van der Waals surface area contributed by atoms with E-state index in [1.165, 1.54) is 27.0 Å². The van der Waals surface area contributed by atoms with Crippen LogP contribution < -0.4 is 16.3 Å². The van der Waals surface area contributed by atoms with E-state index in [1.807, 2.05) is 0 Å². The van der Waals surface area contributed by atoms with Gasteiger partial charge in [-0.3, -0.25) is 14.2 Å². The number of amides is 3. The maximum atomic E-state index is 12.8. The van der Waals surface area contributed by atoms with Gasteiger partial charge < -0.3 is 5.32 Å². The van der Waals surface area contributed by atoms with Crippen LogP contribution >= 0.6 is 22.9 Å². The maximum Gasteiger partial charge on any atom is 0.338 e. The molecule has 9 heteroatoms. The first-order chi connectivity index (χ1) is 14.5. The smallest absolute Gasteiger partial charge is 0.307 e. The van der Waals surface area contributed by atoms with Crippen molar-refractivity contribution in [1.29, 1.82) is 0 Å². The molecule has 0 atom stereocenters. The van der Waals surface area contributed by atoms with Gasteiger partial charge in [0, 0.05) is 30.2 Å². The summed E-state index contributed by atoms with van der Waals surface area (Å²) in [6.45, 7) is 0.441. The predicted molar refractivity (Wildman–Crippen MR) is 117 cm³/mol. The van der Waals surface area contributed by atoms with E-state index in [0.29, 0.717) is 33.7 Å². The van der Waals surface area contributed by atoms with Gasteiger partial charge in [-0.05, 0) is 60.5 Å². The van der Waals surface area contributed by atoms with Crippen LogP contribution in [0.3, 0.4) is 0 Å². The average Bonchev–Trinajstić information content (AvgIpc) is 3.45. The number of carbonyl (C=O) groups is 2. The minimum absolute atomic E-state index is 0.141. The summed E-state index contributed by atoms with van der Waals surface area (Å²) in [5, 5.41) is 6.15. The number of anilines is 1. The van der Waals surface area contributed by atoms with Crippen LogP contribution in [-0.2, 0) is 0 Å². The molecule has 0 aliphatic heterocycles. The third-order valence-corrected chi connectivity index (χ3v) is 5.99. The van der Waals surface area contributed by atoms with Crippen molar-refractivity contribution >= 4 is 40.6 Å². The van der Waals surface area contributed by atoms with Gasteiger partial charge in [-0.15, -0.1) is 11.3 Å². The molecule has 154 valence electrons. The fraction of sp³-hybridized carbons (Fsp3) is 0.190. The van der Waals surface area contributed by atoms with Crippen LogP contribution in [0.1, 0.15) is 22.5 Å². The van der Waals surface area contributed by atoms with Crippen molar-refractivity contribution in [2.45, 2.75) is 12.8 Å². The lowest BCUT2D eigenvalue weighted by atomic mass is 10.2. The lowest BCUT2D eigenvalue weighted by Gasteiger charge is -2.23. The molecule has 3 aromatic rings. The molecule has 0 radical (unpaired) electrons. The fourth-order valence-corrected chi connectivity index (χ4v) is 4.02. The number of rotatable bonds is 5. The highest BCUT2D eigenvalue weighted by Gasteiger charge is 2.29. The van der Waals surface area contributed by atoms with E-state index in [9.17, 15) is 14.4 Å². The Labute approximate surface area is 181 Å². The van der Waals surface area contributed by atoms with Gasteiger partial charge in [0.1, 0.15) is 4.88 Å². The number of pyridine rings is 1. The number of thiophene rings is 1. The van der Waals surface area contributed by atoms with Crippen molar-refractivity contribution < 1.29 is 9.59 Å². The van der Waals surface area contributed by atoms with Crippen LogP contribution in [0, 0.1) is 5.92 Å². The van der Waals surface area contributed by atoms with E-state index in [4.69, 9.17) is 11.6 Å². The summed E-state index contributed by atoms with van der Waals surface area (Å²) >= 11 is 7.33. The Balaban J connectivity index is 1.43. The Hall–Kier alpha value is -3.10. The van der Waals surface area contributed by atoms with Crippen LogP contribution in [0.4, 0.5) is 10.5 Å². The lowest BCUT2D eigenvalue weighted by Crippen LogP contribution is -2.48. The summed E-state index contributed by atoms with van der Waals surface area (Å²) in [6, 6.07) is 12.9. The second-order valence-electron chi connectivity index (χ2n) is 6.98. The molecule has 1 aliphatic carbocycles. The first-order valence-corrected chi connectivity index (χ1v) is 10.7. The van der Waals surface area contributed by atoms with E-state index in [-0.39, 0.29) is 11.5 Å². The number of halogens is 1. The molecule has 4 rings (SSSR count). The summed E-state index contributed by atoms with van der Waals surface area (Å²) in [6.07, 6.45) is 3.74. The van der Waals surface area contributed by atoms with E-state index in [0.717, 1.165) is 12.8 Å². The number of aromatic nitrogens is 1. The summed E-state index contributed by atoms with van der Waals surface area (Å²) in [5.74, 6) is 0.0623. The van der Waals surface area contributed by atoms with Crippen LogP contribution in [0.5, 0.6) is 0 Å². The van der Waals surface area contributed by atoms with Crippen LogP contribution in [0.15, 0.2) is 64.9 Å². The zero-order valence-corrected chi connectivity index (χ0v) is 17.4. The molecule has 0 spiro atoms. The molecule has 2 N–H and O–H groups in total. The Bertz CT molecular complexity index is 1120.